The number of benzene rings is 9. The third kappa shape index (κ3) is 3.97. The van der Waals surface area contributed by atoms with Gasteiger partial charge in [0.15, 0.2) is 0 Å². The van der Waals surface area contributed by atoms with Crippen molar-refractivity contribution in [2.24, 2.45) is 0 Å². The molecule has 47 heavy (non-hydrogen) atoms. The third-order valence-corrected chi connectivity index (χ3v) is 9.81. The minimum Gasteiger partial charge on any atom is -0.455 e. The maximum atomic E-state index is 6.75. The first kappa shape index (κ1) is 26.1. The zero-order valence-corrected chi connectivity index (χ0v) is 25.6. The van der Waals surface area contributed by atoms with Crippen molar-refractivity contribution in [2.45, 2.75) is 0 Å². The van der Waals surface area contributed by atoms with Crippen LogP contribution in [-0.2, 0) is 0 Å². The van der Waals surface area contributed by atoms with E-state index >= 15 is 0 Å². The summed E-state index contributed by atoms with van der Waals surface area (Å²) in [6.07, 6.45) is 0. The summed E-state index contributed by atoms with van der Waals surface area (Å²) in [6.45, 7) is 0. The van der Waals surface area contributed by atoms with Gasteiger partial charge in [-0.3, -0.25) is 0 Å². The maximum Gasteiger partial charge on any atom is 0.143 e. The van der Waals surface area contributed by atoms with Crippen LogP contribution in [0.4, 0.5) is 0 Å². The Morgan fingerprint density at radius 2 is 0.830 bits per heavy atom. The minimum atomic E-state index is 0.912. The van der Waals surface area contributed by atoms with Crippen LogP contribution in [0.2, 0.25) is 0 Å². The molecule has 1 heteroatoms. The molecule has 9 aromatic carbocycles. The highest BCUT2D eigenvalue weighted by Crippen LogP contribution is 2.49. The van der Waals surface area contributed by atoms with Crippen molar-refractivity contribution in [1.29, 1.82) is 0 Å². The summed E-state index contributed by atoms with van der Waals surface area (Å²) in [4.78, 5) is 0. The SMILES string of the molecule is c1ccc(-c2ccc3ccc(-c4c5ccccc5c(-c5c6ccccc6cc6c5oc5ccccc56)c5ccccc45)cc3c2)cc1. The van der Waals surface area contributed by atoms with E-state index in [0.717, 1.165) is 27.5 Å². The molecule has 1 aromatic heterocycles. The van der Waals surface area contributed by atoms with Crippen LogP contribution in [-0.4, -0.2) is 0 Å². The van der Waals surface area contributed by atoms with Gasteiger partial charge in [0, 0.05) is 21.9 Å². The summed E-state index contributed by atoms with van der Waals surface area (Å²) in [5.74, 6) is 0. The molecule has 0 aliphatic carbocycles. The van der Waals surface area contributed by atoms with E-state index in [1.54, 1.807) is 0 Å². The van der Waals surface area contributed by atoms with Crippen molar-refractivity contribution in [3.8, 4) is 33.4 Å². The fourth-order valence-electron chi connectivity index (χ4n) is 7.69. The first-order chi connectivity index (χ1) is 23.3. The Bertz CT molecular complexity index is 2780. The van der Waals surface area contributed by atoms with Crippen LogP contribution in [0.25, 0.3) is 98.4 Å². The van der Waals surface area contributed by atoms with E-state index < -0.39 is 0 Å². The first-order valence-electron chi connectivity index (χ1n) is 16.2. The minimum absolute atomic E-state index is 0.912. The summed E-state index contributed by atoms with van der Waals surface area (Å²) in [5.41, 5.74) is 9.15. The Morgan fingerprint density at radius 3 is 1.55 bits per heavy atom. The van der Waals surface area contributed by atoms with Crippen LogP contribution in [0, 0.1) is 0 Å². The van der Waals surface area contributed by atoms with Gasteiger partial charge >= 0.3 is 0 Å². The van der Waals surface area contributed by atoms with Gasteiger partial charge in [0.1, 0.15) is 11.2 Å². The standard InChI is InChI=1S/C46H28O/c1-2-12-29(13-3-1)31-24-22-30-23-25-33(27-34(30)26-31)43-37-17-6-8-19-39(37)44(40-20-9-7-18-38(40)43)45-35-15-5-4-14-32(35)28-41-36-16-10-11-21-42(36)47-46(41)45/h1-28H. The highest BCUT2D eigenvalue weighted by molar-refractivity contribution is 6.28. The van der Waals surface area contributed by atoms with Crippen LogP contribution in [0.1, 0.15) is 0 Å². The lowest BCUT2D eigenvalue weighted by Crippen LogP contribution is -1.92. The van der Waals surface area contributed by atoms with Crippen molar-refractivity contribution >= 4 is 65.0 Å². The fourth-order valence-corrected chi connectivity index (χ4v) is 7.69. The molecule has 0 radical (unpaired) electrons. The summed E-state index contributed by atoms with van der Waals surface area (Å²) < 4.78 is 6.75. The smallest absolute Gasteiger partial charge is 0.143 e. The first-order valence-corrected chi connectivity index (χ1v) is 16.2. The Kier molecular flexibility index (Phi) is 5.64. The van der Waals surface area contributed by atoms with Gasteiger partial charge in [-0.15, -0.1) is 0 Å². The number of furan rings is 1. The Balaban J connectivity index is 1.32. The van der Waals surface area contributed by atoms with Crippen LogP contribution in [0.15, 0.2) is 174 Å². The molecule has 0 amide bonds. The molecule has 0 aliphatic rings. The molecule has 218 valence electrons. The van der Waals surface area contributed by atoms with E-state index in [2.05, 4.69) is 170 Å². The van der Waals surface area contributed by atoms with Crippen molar-refractivity contribution in [3.63, 3.8) is 0 Å². The predicted octanol–water partition coefficient (Wildman–Crippen LogP) is 13.2. The zero-order valence-electron chi connectivity index (χ0n) is 25.6. The molecule has 0 bridgehead atoms. The molecule has 0 saturated carbocycles. The molecular weight excluding hydrogens is 569 g/mol. The average Bonchev–Trinajstić information content (AvgIpc) is 3.51. The van der Waals surface area contributed by atoms with Gasteiger partial charge in [0.2, 0.25) is 0 Å². The van der Waals surface area contributed by atoms with E-state index in [-0.39, 0.29) is 0 Å². The number of fused-ring (bicyclic) bond motifs is 7. The fraction of sp³-hybridized carbons (Fsp3) is 0. The number of hydrogen-bond acceptors (Lipinski definition) is 1. The van der Waals surface area contributed by atoms with Gasteiger partial charge in [0.25, 0.3) is 0 Å². The number of hydrogen-bond donors (Lipinski definition) is 0. The van der Waals surface area contributed by atoms with Crippen molar-refractivity contribution in [1.82, 2.24) is 0 Å². The second-order valence-corrected chi connectivity index (χ2v) is 12.4. The van der Waals surface area contributed by atoms with Crippen LogP contribution in [0.3, 0.4) is 0 Å². The van der Waals surface area contributed by atoms with Crippen LogP contribution in [0.5, 0.6) is 0 Å². The largest absolute Gasteiger partial charge is 0.455 e. The Labute approximate surface area is 271 Å². The molecule has 0 saturated heterocycles. The van der Waals surface area contributed by atoms with Crippen molar-refractivity contribution < 1.29 is 4.42 Å². The van der Waals surface area contributed by atoms with E-state index in [0.29, 0.717) is 0 Å². The zero-order chi connectivity index (χ0) is 30.9. The molecule has 1 heterocycles. The highest BCUT2D eigenvalue weighted by Gasteiger charge is 2.22. The molecule has 0 fully saturated rings. The molecule has 0 aliphatic heterocycles. The average molecular weight is 597 g/mol. The summed E-state index contributed by atoms with van der Waals surface area (Å²) in [7, 11) is 0. The van der Waals surface area contributed by atoms with Crippen molar-refractivity contribution in [3.05, 3.63) is 170 Å². The third-order valence-electron chi connectivity index (χ3n) is 9.81. The normalized spacial score (nSPS) is 11.8. The van der Waals surface area contributed by atoms with Crippen LogP contribution >= 0.6 is 0 Å². The molecule has 10 rings (SSSR count). The molecule has 0 unspecified atom stereocenters. The quantitative estimate of drug-likeness (QED) is 0.185. The highest BCUT2D eigenvalue weighted by atomic mass is 16.3. The molecule has 1 nitrogen and oxygen atoms in total. The number of para-hydroxylation sites is 1. The Hall–Kier alpha value is -6.18. The predicted molar refractivity (Wildman–Crippen MR) is 200 cm³/mol. The van der Waals surface area contributed by atoms with Crippen molar-refractivity contribution in [2.75, 3.05) is 0 Å². The second kappa shape index (κ2) is 10.2. The maximum absolute atomic E-state index is 6.75. The van der Waals surface area contributed by atoms with E-state index in [1.165, 1.54) is 70.9 Å². The monoisotopic (exact) mass is 596 g/mol. The lowest BCUT2D eigenvalue weighted by molar-refractivity contribution is 0.670. The van der Waals surface area contributed by atoms with Gasteiger partial charge in [-0.25, -0.2) is 0 Å². The van der Waals surface area contributed by atoms with Gasteiger partial charge in [0.05, 0.1) is 0 Å². The lowest BCUT2D eigenvalue weighted by Gasteiger charge is -2.19. The summed E-state index contributed by atoms with van der Waals surface area (Å²) in [5, 5.41) is 12.1. The van der Waals surface area contributed by atoms with Gasteiger partial charge < -0.3 is 4.42 Å². The second-order valence-electron chi connectivity index (χ2n) is 12.4. The van der Waals surface area contributed by atoms with Crippen LogP contribution < -0.4 is 0 Å². The molecule has 0 spiro atoms. The van der Waals surface area contributed by atoms with Gasteiger partial charge in [-0.1, -0.05) is 146 Å². The van der Waals surface area contributed by atoms with E-state index in [1.807, 2.05) is 0 Å². The van der Waals surface area contributed by atoms with Gasteiger partial charge in [-0.2, -0.15) is 0 Å². The summed E-state index contributed by atoms with van der Waals surface area (Å²) in [6, 6.07) is 61.5. The Morgan fingerprint density at radius 1 is 0.277 bits per heavy atom. The topological polar surface area (TPSA) is 13.1 Å². The molecule has 10 aromatic rings. The van der Waals surface area contributed by atoms with E-state index in [9.17, 15) is 0 Å². The molecule has 0 atom stereocenters. The molecule has 0 N–H and O–H groups in total. The van der Waals surface area contributed by atoms with E-state index in [4.69, 9.17) is 4.42 Å². The lowest BCUT2D eigenvalue weighted by atomic mass is 9.83. The summed E-state index contributed by atoms with van der Waals surface area (Å²) >= 11 is 0. The molecular formula is C46H28O. The van der Waals surface area contributed by atoms with Gasteiger partial charge in [-0.05, 0) is 89.6 Å². The number of rotatable bonds is 3.